The van der Waals surface area contributed by atoms with Gasteiger partial charge in [-0.15, -0.1) is 0 Å². The molecule has 0 saturated heterocycles. The van der Waals surface area contributed by atoms with Crippen LogP contribution in [0, 0.1) is 0 Å². The van der Waals surface area contributed by atoms with Crippen molar-refractivity contribution in [2.75, 3.05) is 5.75 Å². The van der Waals surface area contributed by atoms with Crippen molar-refractivity contribution >= 4 is 16.6 Å². The van der Waals surface area contributed by atoms with Crippen molar-refractivity contribution in [3.05, 3.63) is 42.0 Å². The highest BCUT2D eigenvalue weighted by atomic mass is 32.2. The molecule has 1 aromatic rings. The van der Waals surface area contributed by atoms with Crippen LogP contribution in [-0.2, 0) is 15.6 Å². The topological polar surface area (TPSA) is 34.1 Å². The fourth-order valence-corrected chi connectivity index (χ4v) is 2.95. The molecule has 1 rings (SSSR count). The molecule has 3 heteroatoms. The number of benzene rings is 1. The number of hydrogen-bond acceptors (Lipinski definition) is 2. The zero-order valence-corrected chi connectivity index (χ0v) is 12.5. The van der Waals surface area contributed by atoms with Gasteiger partial charge in [-0.3, -0.25) is 4.21 Å². The minimum Gasteiger partial charge on any atom is -0.300 e. The molecule has 0 fully saturated rings. The molecule has 1 unspecified atom stereocenters. The van der Waals surface area contributed by atoms with Crippen molar-refractivity contribution < 1.29 is 9.00 Å². The van der Waals surface area contributed by atoms with Crippen LogP contribution >= 0.6 is 0 Å². The van der Waals surface area contributed by atoms with Crippen molar-refractivity contribution in [2.24, 2.45) is 0 Å². The maximum Gasteiger partial charge on any atom is 0.129 e. The molecule has 0 aliphatic heterocycles. The Morgan fingerprint density at radius 1 is 1.16 bits per heavy atom. The van der Waals surface area contributed by atoms with E-state index in [0.29, 0.717) is 12.2 Å². The van der Waals surface area contributed by atoms with Gasteiger partial charge in [-0.2, -0.15) is 0 Å². The van der Waals surface area contributed by atoms with Crippen molar-refractivity contribution in [1.29, 1.82) is 0 Å². The van der Waals surface area contributed by atoms with Crippen LogP contribution in [0.5, 0.6) is 0 Å². The first-order valence-electron chi connectivity index (χ1n) is 6.68. The van der Waals surface area contributed by atoms with Gasteiger partial charge in [0.1, 0.15) is 5.78 Å². The first kappa shape index (κ1) is 15.8. The fraction of sp³-hybridized carbons (Fsp3) is 0.438. The van der Waals surface area contributed by atoms with Crippen LogP contribution in [0.15, 0.2) is 46.9 Å². The lowest BCUT2D eigenvalue weighted by Gasteiger charge is -2.03. The van der Waals surface area contributed by atoms with Gasteiger partial charge in [0.15, 0.2) is 0 Å². The van der Waals surface area contributed by atoms with E-state index in [-0.39, 0.29) is 5.78 Å². The van der Waals surface area contributed by atoms with E-state index >= 15 is 0 Å². The summed E-state index contributed by atoms with van der Waals surface area (Å²) in [6.07, 6.45) is 5.74. The van der Waals surface area contributed by atoms with Crippen LogP contribution in [0.25, 0.3) is 0 Å². The third kappa shape index (κ3) is 7.06. The lowest BCUT2D eigenvalue weighted by atomic mass is 10.1. The van der Waals surface area contributed by atoms with Gasteiger partial charge >= 0.3 is 0 Å². The van der Waals surface area contributed by atoms with Crippen molar-refractivity contribution in [3.63, 3.8) is 0 Å². The Balaban J connectivity index is 2.32. The number of rotatable bonds is 8. The highest BCUT2D eigenvalue weighted by Gasteiger charge is 2.03. The number of hydrogen-bond donors (Lipinski definition) is 0. The van der Waals surface area contributed by atoms with Crippen molar-refractivity contribution in [1.82, 2.24) is 0 Å². The third-order valence-electron chi connectivity index (χ3n) is 2.84. The van der Waals surface area contributed by atoms with Gasteiger partial charge in [-0.05, 0) is 45.2 Å². The Kier molecular flexibility index (Phi) is 7.34. The molecule has 0 aromatic heterocycles. The number of Topliss-reactive ketones (excluding diaryl/α,β-unsaturated/α-hetero) is 1. The normalized spacial score (nSPS) is 13.3. The first-order valence-corrected chi connectivity index (χ1v) is 8.00. The monoisotopic (exact) mass is 278 g/mol. The standard InChI is InChI=1S/C16H22O2S/c1-14(9-5-3-6-10-15(2)17)13-19(18)16-11-7-4-8-12-16/h4,7-9,11-12H,3,5-6,10,13H2,1-2H3. The fourth-order valence-electron chi connectivity index (χ4n) is 1.79. The minimum absolute atomic E-state index is 0.255. The van der Waals surface area contributed by atoms with E-state index < -0.39 is 10.8 Å². The summed E-state index contributed by atoms with van der Waals surface area (Å²) < 4.78 is 12.1. The van der Waals surface area contributed by atoms with Gasteiger partial charge in [0.25, 0.3) is 0 Å². The second-order valence-electron chi connectivity index (χ2n) is 4.80. The molecule has 0 amide bonds. The van der Waals surface area contributed by atoms with Gasteiger partial charge in [0, 0.05) is 17.1 Å². The number of carbonyl (C=O) groups excluding carboxylic acids is 1. The zero-order chi connectivity index (χ0) is 14.1. The molecule has 0 N–H and O–H groups in total. The van der Waals surface area contributed by atoms with E-state index in [2.05, 4.69) is 6.08 Å². The summed E-state index contributed by atoms with van der Waals surface area (Å²) in [5, 5.41) is 0. The lowest BCUT2D eigenvalue weighted by molar-refractivity contribution is -0.117. The molecule has 2 nitrogen and oxygen atoms in total. The molecule has 0 heterocycles. The molecule has 0 spiro atoms. The second kappa shape index (κ2) is 8.81. The van der Waals surface area contributed by atoms with Gasteiger partial charge in [0.2, 0.25) is 0 Å². The van der Waals surface area contributed by atoms with Crippen LogP contribution in [-0.4, -0.2) is 15.7 Å². The summed E-state index contributed by atoms with van der Waals surface area (Å²) in [4.78, 5) is 11.7. The minimum atomic E-state index is -0.950. The molecular weight excluding hydrogens is 256 g/mol. The van der Waals surface area contributed by atoms with Gasteiger partial charge in [-0.1, -0.05) is 29.8 Å². The Hall–Kier alpha value is -1.22. The average molecular weight is 278 g/mol. The van der Waals surface area contributed by atoms with E-state index in [0.717, 1.165) is 29.7 Å². The largest absolute Gasteiger partial charge is 0.300 e. The summed E-state index contributed by atoms with van der Waals surface area (Å²) in [5.74, 6) is 0.849. The summed E-state index contributed by atoms with van der Waals surface area (Å²) in [7, 11) is -0.950. The molecule has 1 atom stereocenters. The molecule has 0 aliphatic carbocycles. The van der Waals surface area contributed by atoms with E-state index in [1.165, 1.54) is 0 Å². The Labute approximate surface area is 118 Å². The van der Waals surface area contributed by atoms with Crippen molar-refractivity contribution in [2.45, 2.75) is 44.4 Å². The number of allylic oxidation sites excluding steroid dienone is 1. The quantitative estimate of drug-likeness (QED) is 0.534. The second-order valence-corrected chi connectivity index (χ2v) is 6.25. The van der Waals surface area contributed by atoms with Gasteiger partial charge < -0.3 is 4.79 Å². The summed E-state index contributed by atoms with van der Waals surface area (Å²) in [5.41, 5.74) is 1.16. The highest BCUT2D eigenvalue weighted by molar-refractivity contribution is 7.85. The average Bonchev–Trinajstić information content (AvgIpc) is 2.39. The summed E-state index contributed by atoms with van der Waals surface area (Å²) >= 11 is 0. The zero-order valence-electron chi connectivity index (χ0n) is 11.7. The van der Waals surface area contributed by atoms with Gasteiger partial charge in [-0.25, -0.2) is 0 Å². The van der Waals surface area contributed by atoms with E-state index in [1.807, 2.05) is 37.3 Å². The van der Waals surface area contributed by atoms with Gasteiger partial charge in [0.05, 0.1) is 10.8 Å². The maximum atomic E-state index is 12.1. The van der Waals surface area contributed by atoms with Crippen LogP contribution in [0.2, 0.25) is 0 Å². The Morgan fingerprint density at radius 2 is 1.84 bits per heavy atom. The summed E-state index contributed by atoms with van der Waals surface area (Å²) in [6, 6.07) is 9.55. The Morgan fingerprint density at radius 3 is 2.47 bits per heavy atom. The molecule has 104 valence electrons. The third-order valence-corrected chi connectivity index (χ3v) is 4.36. The highest BCUT2D eigenvalue weighted by Crippen LogP contribution is 2.10. The lowest BCUT2D eigenvalue weighted by Crippen LogP contribution is -1.99. The molecule has 0 radical (unpaired) electrons. The van der Waals surface area contributed by atoms with E-state index in [1.54, 1.807) is 6.92 Å². The SMILES string of the molecule is CC(=O)CCCCC=C(C)CS(=O)c1ccccc1. The molecular formula is C16H22O2S. The molecule has 0 bridgehead atoms. The molecule has 1 aromatic carbocycles. The Bertz CT molecular complexity index is 449. The van der Waals surface area contributed by atoms with E-state index in [9.17, 15) is 9.00 Å². The number of carbonyl (C=O) groups is 1. The number of unbranched alkanes of at least 4 members (excludes halogenated alkanes) is 2. The summed E-state index contributed by atoms with van der Waals surface area (Å²) in [6.45, 7) is 3.65. The predicted molar refractivity (Wildman–Crippen MR) is 80.6 cm³/mol. The smallest absolute Gasteiger partial charge is 0.129 e. The molecule has 0 saturated carbocycles. The van der Waals surface area contributed by atoms with Crippen molar-refractivity contribution in [3.8, 4) is 0 Å². The molecule has 19 heavy (non-hydrogen) atoms. The van der Waals surface area contributed by atoms with Crippen LogP contribution < -0.4 is 0 Å². The first-order chi connectivity index (χ1) is 9.09. The van der Waals surface area contributed by atoms with Crippen LogP contribution in [0.3, 0.4) is 0 Å². The molecule has 0 aliphatic rings. The number of ketones is 1. The van der Waals surface area contributed by atoms with E-state index in [4.69, 9.17) is 0 Å². The predicted octanol–water partition coefficient (Wildman–Crippen LogP) is 3.89. The van der Waals surface area contributed by atoms with Crippen LogP contribution in [0.4, 0.5) is 0 Å². The van der Waals surface area contributed by atoms with Crippen LogP contribution in [0.1, 0.15) is 39.5 Å². The maximum absolute atomic E-state index is 12.1.